The molecule has 2 aliphatic carbocycles. The highest BCUT2D eigenvalue weighted by molar-refractivity contribution is 5.99. The average molecular weight is 427 g/mol. The molecule has 7 heteroatoms. The van der Waals surface area contributed by atoms with E-state index in [1.54, 1.807) is 19.1 Å². The first-order valence-electron chi connectivity index (χ1n) is 11.5. The van der Waals surface area contributed by atoms with Gasteiger partial charge in [-0.05, 0) is 63.1 Å². The molecule has 0 bridgehead atoms. The van der Waals surface area contributed by atoms with Crippen LogP contribution >= 0.6 is 0 Å². The third-order valence-electron chi connectivity index (χ3n) is 7.59. The van der Waals surface area contributed by atoms with E-state index in [1.165, 1.54) is 6.07 Å². The van der Waals surface area contributed by atoms with Crippen LogP contribution in [0.1, 0.15) is 61.5 Å². The number of carbonyl (C=O) groups is 2. The fraction of sp³-hybridized carbons (Fsp3) is 0.583. The topological polar surface area (TPSA) is 68.4 Å². The minimum absolute atomic E-state index is 0.116. The second-order valence-corrected chi connectivity index (χ2v) is 9.69. The molecule has 3 aliphatic rings. The van der Waals surface area contributed by atoms with Gasteiger partial charge in [0.2, 0.25) is 5.91 Å². The quantitative estimate of drug-likeness (QED) is 0.791. The summed E-state index contributed by atoms with van der Waals surface area (Å²) in [6, 6.07) is 5.34. The van der Waals surface area contributed by atoms with Crippen molar-refractivity contribution in [1.29, 1.82) is 0 Å². The number of aryl methyl sites for hydroxylation is 1. The first kappa shape index (κ1) is 20.5. The van der Waals surface area contributed by atoms with Crippen molar-refractivity contribution >= 4 is 22.7 Å². The van der Waals surface area contributed by atoms with Crippen molar-refractivity contribution in [2.45, 2.75) is 70.0 Å². The fourth-order valence-corrected chi connectivity index (χ4v) is 5.71. The number of hydrogen-bond acceptors (Lipinski definition) is 3. The van der Waals surface area contributed by atoms with Crippen molar-refractivity contribution in [3.63, 3.8) is 0 Å². The summed E-state index contributed by atoms with van der Waals surface area (Å²) in [6.45, 7) is 6.13. The van der Waals surface area contributed by atoms with Crippen molar-refractivity contribution < 1.29 is 14.0 Å². The number of fused-ring (bicyclic) bond motifs is 1. The molecule has 1 aromatic heterocycles. The van der Waals surface area contributed by atoms with Crippen LogP contribution in [0.15, 0.2) is 18.2 Å². The second-order valence-electron chi connectivity index (χ2n) is 9.69. The Hall–Kier alpha value is -2.41. The lowest BCUT2D eigenvalue weighted by Crippen LogP contribution is -2.60. The van der Waals surface area contributed by atoms with Crippen molar-refractivity contribution in [3.05, 3.63) is 35.3 Å². The van der Waals surface area contributed by atoms with Crippen LogP contribution in [0.2, 0.25) is 0 Å². The first-order chi connectivity index (χ1) is 14.9. The van der Waals surface area contributed by atoms with Gasteiger partial charge in [0.05, 0.1) is 5.52 Å². The second kappa shape index (κ2) is 7.62. The number of piperazine rings is 1. The van der Waals surface area contributed by atoms with Crippen LogP contribution in [0.3, 0.4) is 0 Å². The van der Waals surface area contributed by atoms with E-state index in [4.69, 9.17) is 0 Å². The Morgan fingerprint density at radius 2 is 2.03 bits per heavy atom. The number of hydrogen-bond donors (Lipinski definition) is 2. The zero-order chi connectivity index (χ0) is 21.8. The highest BCUT2D eigenvalue weighted by atomic mass is 19.1. The number of rotatable bonds is 3. The monoisotopic (exact) mass is 426 g/mol. The highest BCUT2D eigenvalue weighted by Gasteiger charge is 2.53. The number of nitrogens with one attached hydrogen (secondary N) is 2. The number of nitrogens with zero attached hydrogens (tertiary/aromatic N) is 2. The van der Waals surface area contributed by atoms with E-state index in [2.05, 4.69) is 15.2 Å². The van der Waals surface area contributed by atoms with E-state index >= 15 is 0 Å². The number of benzene rings is 1. The van der Waals surface area contributed by atoms with E-state index < -0.39 is 0 Å². The van der Waals surface area contributed by atoms with Gasteiger partial charge in [-0.2, -0.15) is 0 Å². The molecule has 1 saturated heterocycles. The van der Waals surface area contributed by atoms with Gasteiger partial charge in [-0.3, -0.25) is 14.5 Å². The molecule has 31 heavy (non-hydrogen) atoms. The van der Waals surface area contributed by atoms with E-state index in [0.717, 1.165) is 63.7 Å². The molecule has 0 unspecified atom stereocenters. The molecular weight excluding hydrogens is 395 g/mol. The molecule has 2 saturated carbocycles. The summed E-state index contributed by atoms with van der Waals surface area (Å²) in [5, 5.41) is 3.66. The van der Waals surface area contributed by atoms with E-state index in [9.17, 15) is 14.0 Å². The van der Waals surface area contributed by atoms with Crippen LogP contribution < -0.4 is 5.32 Å². The number of carbonyl (C=O) groups excluding carboxylic acids is 2. The number of aromatic amines is 1. The van der Waals surface area contributed by atoms with Crippen LogP contribution in [0.4, 0.5) is 4.39 Å². The third-order valence-corrected chi connectivity index (χ3v) is 7.59. The molecule has 2 aromatic rings. The number of amides is 2. The van der Waals surface area contributed by atoms with Gasteiger partial charge in [0.15, 0.2) is 0 Å². The van der Waals surface area contributed by atoms with Crippen LogP contribution in [0.5, 0.6) is 0 Å². The summed E-state index contributed by atoms with van der Waals surface area (Å²) in [5.74, 6) is -0.305. The van der Waals surface area contributed by atoms with Crippen LogP contribution in [0.25, 0.3) is 10.9 Å². The van der Waals surface area contributed by atoms with Gasteiger partial charge in [-0.15, -0.1) is 0 Å². The van der Waals surface area contributed by atoms with Gasteiger partial charge in [0, 0.05) is 49.6 Å². The summed E-state index contributed by atoms with van der Waals surface area (Å²) in [7, 11) is 0. The Morgan fingerprint density at radius 1 is 1.23 bits per heavy atom. The molecule has 5 rings (SSSR count). The average Bonchev–Trinajstić information content (AvgIpc) is 3.34. The van der Waals surface area contributed by atoms with Gasteiger partial charge in [0.1, 0.15) is 11.5 Å². The molecule has 6 nitrogen and oxygen atoms in total. The molecule has 2 N–H and O–H groups in total. The van der Waals surface area contributed by atoms with Gasteiger partial charge >= 0.3 is 0 Å². The molecule has 1 aliphatic heterocycles. The molecule has 1 spiro atoms. The lowest BCUT2D eigenvalue weighted by Gasteiger charge is -2.48. The number of H-pyrrole nitrogens is 1. The Labute approximate surface area is 182 Å². The van der Waals surface area contributed by atoms with Gasteiger partial charge in [0.25, 0.3) is 5.91 Å². The fourth-order valence-electron chi connectivity index (χ4n) is 5.71. The normalized spacial score (nSPS) is 25.7. The van der Waals surface area contributed by atoms with Gasteiger partial charge < -0.3 is 15.2 Å². The Bertz CT molecular complexity index is 989. The largest absolute Gasteiger partial charge is 0.350 e. The summed E-state index contributed by atoms with van der Waals surface area (Å²) in [4.78, 5) is 32.5. The molecule has 166 valence electrons. The summed E-state index contributed by atoms with van der Waals surface area (Å²) >= 11 is 0. The van der Waals surface area contributed by atoms with Crippen molar-refractivity contribution in [1.82, 2.24) is 20.1 Å². The maximum absolute atomic E-state index is 14.1. The lowest BCUT2D eigenvalue weighted by atomic mass is 9.88. The van der Waals surface area contributed by atoms with E-state index in [1.807, 2.05) is 11.8 Å². The first-order valence-corrected chi connectivity index (χ1v) is 11.5. The summed E-state index contributed by atoms with van der Waals surface area (Å²) in [6.07, 6.45) is 6.44. The van der Waals surface area contributed by atoms with Crippen LogP contribution in [-0.2, 0) is 4.79 Å². The van der Waals surface area contributed by atoms with Crippen molar-refractivity contribution in [3.8, 4) is 0 Å². The Kier molecular flexibility index (Phi) is 5.04. The van der Waals surface area contributed by atoms with Crippen molar-refractivity contribution in [2.24, 2.45) is 0 Å². The molecule has 3 fully saturated rings. The number of halogens is 1. The molecule has 1 aromatic carbocycles. The third kappa shape index (κ3) is 3.73. The van der Waals surface area contributed by atoms with E-state index in [0.29, 0.717) is 22.6 Å². The standard InChI is InChI=1S/C24H31FN4O2/c1-15-6-7-20(25)19-13-21(27-22(15)19)23(31)26-17-4-3-5-18(12-17)29-11-10-28(16(2)30)14-24(29)8-9-24/h6-7,13,17-18,27H,3-5,8-12,14H2,1-2H3,(H,26,31)/t17-,18+/m1/s1. The molecule has 0 radical (unpaired) electrons. The zero-order valence-corrected chi connectivity index (χ0v) is 18.3. The highest BCUT2D eigenvalue weighted by Crippen LogP contribution is 2.47. The van der Waals surface area contributed by atoms with Crippen LogP contribution in [-0.4, -0.2) is 63.9 Å². The summed E-state index contributed by atoms with van der Waals surface area (Å²) in [5.41, 5.74) is 2.18. The molecule has 2 amide bonds. The maximum Gasteiger partial charge on any atom is 0.267 e. The van der Waals surface area contributed by atoms with Crippen molar-refractivity contribution in [2.75, 3.05) is 19.6 Å². The molecule has 2 heterocycles. The predicted molar refractivity (Wildman–Crippen MR) is 117 cm³/mol. The van der Waals surface area contributed by atoms with Gasteiger partial charge in [-0.1, -0.05) is 6.07 Å². The summed E-state index contributed by atoms with van der Waals surface area (Å²) < 4.78 is 14.1. The molecule has 2 atom stereocenters. The molecular formula is C24H31FN4O2. The smallest absolute Gasteiger partial charge is 0.267 e. The Balaban J connectivity index is 1.26. The Morgan fingerprint density at radius 3 is 2.74 bits per heavy atom. The lowest BCUT2D eigenvalue weighted by molar-refractivity contribution is -0.133. The number of aromatic nitrogens is 1. The minimum atomic E-state index is -0.312. The van der Waals surface area contributed by atoms with Gasteiger partial charge in [-0.25, -0.2) is 4.39 Å². The SMILES string of the molecule is CC(=O)N1CCN([C@H]2CCC[C@@H](NC(=O)c3cc4c(F)ccc(C)c4[nH]3)C2)C2(CC2)C1. The van der Waals surface area contributed by atoms with Crippen LogP contribution in [0, 0.1) is 12.7 Å². The predicted octanol–water partition coefficient (Wildman–Crippen LogP) is 3.35. The van der Waals surface area contributed by atoms with E-state index in [-0.39, 0.29) is 29.2 Å². The maximum atomic E-state index is 14.1. The minimum Gasteiger partial charge on any atom is -0.350 e. The zero-order valence-electron chi connectivity index (χ0n) is 18.3.